The quantitative estimate of drug-likeness (QED) is 0.176. The molecule has 1 aromatic heterocycles. The number of fused-ring (bicyclic) bond motifs is 5. The minimum Gasteiger partial charge on any atom is -0.456 e. The average molecular weight is 664 g/mol. The Bertz CT molecular complexity index is 2910. The van der Waals surface area contributed by atoms with Gasteiger partial charge >= 0.3 is 0 Å². The van der Waals surface area contributed by atoms with Crippen molar-refractivity contribution < 1.29 is 4.42 Å². The maximum Gasteiger partial charge on any atom is 0.135 e. The van der Waals surface area contributed by atoms with E-state index in [-0.39, 0.29) is 0 Å². The second-order valence-electron chi connectivity index (χ2n) is 13.3. The molecule has 0 atom stereocenters. The number of para-hydroxylation sites is 2. The minimum absolute atomic E-state index is 0.895. The van der Waals surface area contributed by atoms with Crippen LogP contribution in [-0.2, 0) is 0 Å². The zero-order valence-corrected chi connectivity index (χ0v) is 28.4. The highest BCUT2D eigenvalue weighted by Gasteiger charge is 2.19. The molecule has 52 heavy (non-hydrogen) atoms. The fraction of sp³-hybridized carbons (Fsp3) is 0. The second kappa shape index (κ2) is 12.5. The lowest BCUT2D eigenvalue weighted by Crippen LogP contribution is -2.11. The number of hydrogen-bond donors (Lipinski definition) is 0. The zero-order chi connectivity index (χ0) is 34.4. The number of anilines is 3. The molecule has 0 N–H and O–H groups in total. The standard InChI is InChI=1S/C50H33NO/c1-2-13-37-31-39(24-23-34(37)11-1)38-15-9-16-42(32-38)51(41-28-25-36(26-29-41)44-20-10-14-35-12-3-4-17-43(35)44)48-21-7-5-18-45(48)40-27-30-50-47(33-40)46-19-6-8-22-49(46)52-50/h1-33H. The molecule has 10 aromatic rings. The van der Waals surface area contributed by atoms with Crippen LogP contribution in [0.2, 0.25) is 0 Å². The van der Waals surface area contributed by atoms with Gasteiger partial charge in [0, 0.05) is 27.7 Å². The van der Waals surface area contributed by atoms with E-state index in [0.29, 0.717) is 0 Å². The summed E-state index contributed by atoms with van der Waals surface area (Å²) in [6, 6.07) is 71.9. The number of furan rings is 1. The van der Waals surface area contributed by atoms with E-state index in [2.05, 4.69) is 193 Å². The molecule has 0 aliphatic heterocycles. The third-order valence-corrected chi connectivity index (χ3v) is 10.2. The van der Waals surface area contributed by atoms with Crippen LogP contribution in [0.15, 0.2) is 205 Å². The van der Waals surface area contributed by atoms with Gasteiger partial charge in [0.15, 0.2) is 0 Å². The molecular weight excluding hydrogens is 631 g/mol. The van der Waals surface area contributed by atoms with Crippen molar-refractivity contribution in [2.24, 2.45) is 0 Å². The first-order valence-corrected chi connectivity index (χ1v) is 17.8. The third-order valence-electron chi connectivity index (χ3n) is 10.2. The lowest BCUT2D eigenvalue weighted by molar-refractivity contribution is 0.669. The number of hydrogen-bond acceptors (Lipinski definition) is 2. The molecule has 0 aliphatic carbocycles. The van der Waals surface area contributed by atoms with Gasteiger partial charge in [-0.1, -0.05) is 146 Å². The Hall–Kier alpha value is -6.90. The molecule has 0 radical (unpaired) electrons. The van der Waals surface area contributed by atoms with Gasteiger partial charge in [0.2, 0.25) is 0 Å². The van der Waals surface area contributed by atoms with Crippen LogP contribution in [0, 0.1) is 0 Å². The average Bonchev–Trinajstić information content (AvgIpc) is 3.59. The zero-order valence-electron chi connectivity index (χ0n) is 28.4. The molecule has 0 unspecified atom stereocenters. The molecule has 2 heteroatoms. The molecule has 2 nitrogen and oxygen atoms in total. The third kappa shape index (κ3) is 5.21. The first-order chi connectivity index (χ1) is 25.8. The highest BCUT2D eigenvalue weighted by molar-refractivity contribution is 6.07. The van der Waals surface area contributed by atoms with Gasteiger partial charge in [0.05, 0.1) is 5.69 Å². The first kappa shape index (κ1) is 30.0. The minimum atomic E-state index is 0.895. The monoisotopic (exact) mass is 663 g/mol. The summed E-state index contributed by atoms with van der Waals surface area (Å²) in [5, 5.41) is 7.22. The normalized spacial score (nSPS) is 11.5. The summed E-state index contributed by atoms with van der Waals surface area (Å²) in [7, 11) is 0. The van der Waals surface area contributed by atoms with Gasteiger partial charge in [-0.15, -0.1) is 0 Å². The first-order valence-electron chi connectivity index (χ1n) is 17.8. The van der Waals surface area contributed by atoms with Gasteiger partial charge in [-0.2, -0.15) is 0 Å². The molecule has 0 amide bonds. The number of benzene rings is 9. The molecule has 9 aromatic carbocycles. The summed E-state index contributed by atoms with van der Waals surface area (Å²) < 4.78 is 6.21. The van der Waals surface area contributed by atoms with Gasteiger partial charge in [0.1, 0.15) is 11.2 Å². The van der Waals surface area contributed by atoms with Crippen molar-refractivity contribution in [2.75, 3.05) is 4.90 Å². The number of rotatable bonds is 6. The van der Waals surface area contributed by atoms with Crippen LogP contribution in [0.3, 0.4) is 0 Å². The van der Waals surface area contributed by atoms with Crippen molar-refractivity contribution in [1.82, 2.24) is 0 Å². The Morgan fingerprint density at radius 2 is 0.942 bits per heavy atom. The smallest absolute Gasteiger partial charge is 0.135 e. The highest BCUT2D eigenvalue weighted by atomic mass is 16.3. The van der Waals surface area contributed by atoms with Crippen molar-refractivity contribution in [3.8, 4) is 33.4 Å². The summed E-state index contributed by atoms with van der Waals surface area (Å²) in [5.74, 6) is 0. The van der Waals surface area contributed by atoms with E-state index >= 15 is 0 Å². The van der Waals surface area contributed by atoms with Crippen molar-refractivity contribution >= 4 is 60.5 Å². The topological polar surface area (TPSA) is 16.4 Å². The SMILES string of the molecule is c1cc(-c2ccc3ccccc3c2)cc(N(c2ccc(-c3cccc4ccccc34)cc2)c2ccccc2-c2ccc3oc4ccccc4c3c2)c1. The van der Waals surface area contributed by atoms with Gasteiger partial charge in [-0.3, -0.25) is 0 Å². The molecule has 0 saturated carbocycles. The Morgan fingerprint density at radius 3 is 1.85 bits per heavy atom. The molecule has 0 aliphatic rings. The fourth-order valence-electron chi connectivity index (χ4n) is 7.69. The Balaban J connectivity index is 1.14. The van der Waals surface area contributed by atoms with Crippen LogP contribution in [0.4, 0.5) is 17.1 Å². The Kier molecular flexibility index (Phi) is 7.18. The van der Waals surface area contributed by atoms with E-state index in [1.165, 1.54) is 43.8 Å². The van der Waals surface area contributed by atoms with Crippen LogP contribution in [0.25, 0.3) is 76.9 Å². The highest BCUT2D eigenvalue weighted by Crippen LogP contribution is 2.44. The second-order valence-corrected chi connectivity index (χ2v) is 13.3. The summed E-state index contributed by atoms with van der Waals surface area (Å²) in [4.78, 5) is 2.39. The maximum atomic E-state index is 6.21. The van der Waals surface area contributed by atoms with E-state index in [1.807, 2.05) is 12.1 Å². The van der Waals surface area contributed by atoms with E-state index < -0.39 is 0 Å². The lowest BCUT2D eigenvalue weighted by atomic mass is 9.97. The summed E-state index contributed by atoms with van der Waals surface area (Å²) in [6.45, 7) is 0. The number of nitrogens with zero attached hydrogens (tertiary/aromatic N) is 1. The van der Waals surface area contributed by atoms with Gasteiger partial charge in [-0.05, 0) is 104 Å². The molecule has 0 fully saturated rings. The molecule has 244 valence electrons. The molecular formula is C50H33NO. The van der Waals surface area contributed by atoms with Crippen molar-refractivity contribution in [3.05, 3.63) is 200 Å². The van der Waals surface area contributed by atoms with E-state index in [9.17, 15) is 0 Å². The maximum absolute atomic E-state index is 6.21. The predicted molar refractivity (Wildman–Crippen MR) is 220 cm³/mol. The molecule has 0 spiro atoms. The lowest BCUT2D eigenvalue weighted by Gasteiger charge is -2.28. The van der Waals surface area contributed by atoms with Crippen molar-refractivity contribution in [3.63, 3.8) is 0 Å². The van der Waals surface area contributed by atoms with Gasteiger partial charge < -0.3 is 9.32 Å². The predicted octanol–water partition coefficient (Wildman–Crippen LogP) is 14.4. The van der Waals surface area contributed by atoms with Gasteiger partial charge in [0.25, 0.3) is 0 Å². The summed E-state index contributed by atoms with van der Waals surface area (Å²) in [5.41, 5.74) is 12.1. The molecule has 0 bridgehead atoms. The van der Waals surface area contributed by atoms with E-state index in [1.54, 1.807) is 0 Å². The van der Waals surface area contributed by atoms with E-state index in [0.717, 1.165) is 50.1 Å². The summed E-state index contributed by atoms with van der Waals surface area (Å²) in [6.07, 6.45) is 0. The van der Waals surface area contributed by atoms with E-state index in [4.69, 9.17) is 4.42 Å². The van der Waals surface area contributed by atoms with Crippen molar-refractivity contribution in [1.29, 1.82) is 0 Å². The van der Waals surface area contributed by atoms with Crippen molar-refractivity contribution in [2.45, 2.75) is 0 Å². The van der Waals surface area contributed by atoms with Crippen LogP contribution < -0.4 is 4.90 Å². The fourth-order valence-corrected chi connectivity index (χ4v) is 7.69. The molecule has 10 rings (SSSR count). The van der Waals surface area contributed by atoms with Crippen LogP contribution in [0.1, 0.15) is 0 Å². The van der Waals surface area contributed by atoms with Crippen LogP contribution in [-0.4, -0.2) is 0 Å². The summed E-state index contributed by atoms with van der Waals surface area (Å²) >= 11 is 0. The Morgan fingerprint density at radius 1 is 0.308 bits per heavy atom. The van der Waals surface area contributed by atoms with Gasteiger partial charge in [-0.25, -0.2) is 0 Å². The van der Waals surface area contributed by atoms with Crippen LogP contribution in [0.5, 0.6) is 0 Å². The Labute approximate surface area is 302 Å². The molecule has 0 saturated heterocycles. The largest absolute Gasteiger partial charge is 0.456 e. The van der Waals surface area contributed by atoms with Crippen LogP contribution >= 0.6 is 0 Å². The molecule has 1 heterocycles.